The van der Waals surface area contributed by atoms with Crippen LogP contribution in [-0.4, -0.2) is 50.2 Å². The molecule has 0 amide bonds. The predicted molar refractivity (Wildman–Crippen MR) is 72.8 cm³/mol. The first-order valence-electron chi connectivity index (χ1n) is 6.05. The van der Waals surface area contributed by atoms with Gasteiger partial charge in [0.05, 0.1) is 36.0 Å². The number of benzene rings is 1. The van der Waals surface area contributed by atoms with Crippen LogP contribution in [0.5, 0.6) is 0 Å². The predicted octanol–water partition coefficient (Wildman–Crippen LogP) is 0.784. The fourth-order valence-corrected chi connectivity index (χ4v) is 3.21. The van der Waals surface area contributed by atoms with E-state index in [0.29, 0.717) is 11.1 Å². The summed E-state index contributed by atoms with van der Waals surface area (Å²) in [6.07, 6.45) is 0. The molecule has 0 atom stereocenters. The van der Waals surface area contributed by atoms with Crippen LogP contribution in [0.1, 0.15) is 21.5 Å². The molecule has 0 aliphatic rings. The zero-order valence-corrected chi connectivity index (χ0v) is 12.2. The van der Waals surface area contributed by atoms with Gasteiger partial charge in [-0.25, -0.2) is 13.2 Å². The molecular weight excluding hydrogens is 284 g/mol. The minimum Gasteiger partial charge on any atom is -0.478 e. The molecule has 0 aromatic heterocycles. The Labute approximate surface area is 117 Å². The van der Waals surface area contributed by atoms with Crippen LogP contribution in [0.2, 0.25) is 0 Å². The Balaban J connectivity index is 3.07. The van der Waals surface area contributed by atoms with E-state index in [1.807, 2.05) is 0 Å². The number of aryl methyl sites for hydroxylation is 1. The van der Waals surface area contributed by atoms with E-state index in [9.17, 15) is 13.2 Å². The van der Waals surface area contributed by atoms with Crippen molar-refractivity contribution < 1.29 is 28.2 Å². The number of sulfone groups is 1. The van der Waals surface area contributed by atoms with Gasteiger partial charge in [0, 0.05) is 0 Å². The maximum atomic E-state index is 12.2. The summed E-state index contributed by atoms with van der Waals surface area (Å²) in [6, 6.07) is 2.62. The number of hydrogen-bond acceptors (Lipinski definition) is 5. The molecule has 7 heteroatoms. The number of rotatable bonds is 7. The fourth-order valence-electron chi connectivity index (χ4n) is 1.72. The first-order valence-corrected chi connectivity index (χ1v) is 7.70. The van der Waals surface area contributed by atoms with Gasteiger partial charge in [0.15, 0.2) is 9.84 Å². The average Bonchev–Trinajstić information content (AvgIpc) is 2.37. The smallest absolute Gasteiger partial charge is 0.335 e. The number of aliphatic hydroxyl groups excluding tert-OH is 1. The van der Waals surface area contributed by atoms with Crippen LogP contribution in [0, 0.1) is 13.8 Å². The van der Waals surface area contributed by atoms with Crippen LogP contribution in [-0.2, 0) is 14.6 Å². The number of carboxylic acid groups (broad SMARTS) is 1. The van der Waals surface area contributed by atoms with Crippen LogP contribution in [0.15, 0.2) is 17.0 Å². The lowest BCUT2D eigenvalue weighted by atomic mass is 10.1. The second-order valence-corrected chi connectivity index (χ2v) is 6.45. The van der Waals surface area contributed by atoms with Crippen LogP contribution in [0.4, 0.5) is 0 Å². The van der Waals surface area contributed by atoms with E-state index in [4.69, 9.17) is 14.9 Å². The van der Waals surface area contributed by atoms with E-state index in [2.05, 4.69) is 0 Å². The second-order valence-electron chi connectivity index (χ2n) is 4.38. The molecule has 20 heavy (non-hydrogen) atoms. The summed E-state index contributed by atoms with van der Waals surface area (Å²) in [5.41, 5.74) is 1.10. The molecule has 0 aliphatic heterocycles. The third kappa shape index (κ3) is 4.03. The van der Waals surface area contributed by atoms with Crippen LogP contribution in [0.3, 0.4) is 0 Å². The summed E-state index contributed by atoms with van der Waals surface area (Å²) in [7, 11) is -3.62. The quantitative estimate of drug-likeness (QED) is 0.722. The van der Waals surface area contributed by atoms with Gasteiger partial charge in [-0.1, -0.05) is 0 Å². The summed E-state index contributed by atoms with van der Waals surface area (Å²) in [4.78, 5) is 11.0. The van der Waals surface area contributed by atoms with E-state index >= 15 is 0 Å². The highest BCUT2D eigenvalue weighted by molar-refractivity contribution is 7.91. The summed E-state index contributed by atoms with van der Waals surface area (Å²) in [6.45, 7) is 3.17. The molecule has 0 unspecified atom stereocenters. The van der Waals surface area contributed by atoms with Crippen molar-refractivity contribution in [2.24, 2.45) is 0 Å². The van der Waals surface area contributed by atoms with Crippen molar-refractivity contribution in [2.75, 3.05) is 25.6 Å². The molecule has 0 aliphatic carbocycles. The molecule has 0 heterocycles. The number of hydrogen-bond donors (Lipinski definition) is 2. The molecule has 1 rings (SSSR count). The molecule has 0 fully saturated rings. The zero-order valence-electron chi connectivity index (χ0n) is 11.4. The Morgan fingerprint density at radius 1 is 1.25 bits per heavy atom. The lowest BCUT2D eigenvalue weighted by molar-refractivity contribution is 0.0696. The van der Waals surface area contributed by atoms with Gasteiger partial charge in [-0.15, -0.1) is 0 Å². The molecule has 0 saturated carbocycles. The van der Waals surface area contributed by atoms with Crippen molar-refractivity contribution in [3.8, 4) is 0 Å². The highest BCUT2D eigenvalue weighted by Gasteiger charge is 2.20. The normalized spacial score (nSPS) is 11.6. The van der Waals surface area contributed by atoms with Crippen LogP contribution >= 0.6 is 0 Å². The van der Waals surface area contributed by atoms with Crippen LogP contribution < -0.4 is 0 Å². The van der Waals surface area contributed by atoms with E-state index in [-0.39, 0.29) is 36.0 Å². The molecule has 1 aromatic carbocycles. The Kier molecular flexibility index (Phi) is 5.67. The summed E-state index contributed by atoms with van der Waals surface area (Å²) in [5, 5.41) is 17.5. The zero-order chi connectivity index (χ0) is 15.3. The largest absolute Gasteiger partial charge is 0.478 e. The Hall–Kier alpha value is -1.44. The lowest BCUT2D eigenvalue weighted by Crippen LogP contribution is -2.16. The number of aromatic carboxylic acids is 1. The first-order chi connectivity index (χ1) is 9.29. The first kappa shape index (κ1) is 16.6. The van der Waals surface area contributed by atoms with Gasteiger partial charge in [-0.05, 0) is 37.1 Å². The summed E-state index contributed by atoms with van der Waals surface area (Å²) >= 11 is 0. The molecule has 0 radical (unpaired) electrons. The van der Waals surface area contributed by atoms with Gasteiger partial charge in [-0.3, -0.25) is 0 Å². The third-order valence-corrected chi connectivity index (χ3v) is 4.73. The highest BCUT2D eigenvalue weighted by Crippen LogP contribution is 2.22. The van der Waals surface area contributed by atoms with Crippen molar-refractivity contribution in [2.45, 2.75) is 18.7 Å². The van der Waals surface area contributed by atoms with Gasteiger partial charge < -0.3 is 14.9 Å². The topological polar surface area (TPSA) is 101 Å². The van der Waals surface area contributed by atoms with Gasteiger partial charge in [0.2, 0.25) is 0 Å². The molecule has 0 bridgehead atoms. The second kappa shape index (κ2) is 6.83. The summed E-state index contributed by atoms with van der Waals surface area (Å²) in [5.74, 6) is -1.42. The molecule has 2 N–H and O–H groups in total. The van der Waals surface area contributed by atoms with Crippen molar-refractivity contribution in [1.82, 2.24) is 0 Å². The van der Waals surface area contributed by atoms with E-state index in [0.717, 1.165) is 0 Å². The fraction of sp³-hybridized carbons (Fsp3) is 0.462. The highest BCUT2D eigenvalue weighted by atomic mass is 32.2. The molecular formula is C13H18O6S. The molecule has 0 spiro atoms. The SMILES string of the molecule is Cc1cc(C(=O)O)cc(S(=O)(=O)CCOCCO)c1C. The van der Waals surface area contributed by atoms with Crippen molar-refractivity contribution in [3.05, 3.63) is 28.8 Å². The Morgan fingerprint density at radius 2 is 1.90 bits per heavy atom. The van der Waals surface area contributed by atoms with Crippen molar-refractivity contribution >= 4 is 15.8 Å². The van der Waals surface area contributed by atoms with E-state index < -0.39 is 15.8 Å². The maximum absolute atomic E-state index is 12.2. The van der Waals surface area contributed by atoms with Gasteiger partial charge in [0.1, 0.15) is 0 Å². The minimum absolute atomic E-state index is 0.0162. The minimum atomic E-state index is -3.62. The van der Waals surface area contributed by atoms with E-state index in [1.54, 1.807) is 13.8 Å². The average molecular weight is 302 g/mol. The van der Waals surface area contributed by atoms with Gasteiger partial charge in [-0.2, -0.15) is 0 Å². The standard InChI is InChI=1S/C13H18O6S/c1-9-7-11(13(15)16)8-12(10(9)2)20(17,18)6-5-19-4-3-14/h7-8,14H,3-6H2,1-2H3,(H,15,16). The number of carboxylic acids is 1. The molecule has 1 aromatic rings. The Morgan fingerprint density at radius 3 is 2.45 bits per heavy atom. The number of carbonyl (C=O) groups is 1. The number of aliphatic hydroxyl groups is 1. The molecule has 0 saturated heterocycles. The van der Waals surface area contributed by atoms with E-state index in [1.165, 1.54) is 12.1 Å². The third-order valence-electron chi connectivity index (χ3n) is 2.93. The molecule has 6 nitrogen and oxygen atoms in total. The Bertz CT molecular complexity index is 591. The van der Waals surface area contributed by atoms with Gasteiger partial charge >= 0.3 is 5.97 Å². The van der Waals surface area contributed by atoms with Gasteiger partial charge in [0.25, 0.3) is 0 Å². The lowest BCUT2D eigenvalue weighted by Gasteiger charge is -2.11. The monoisotopic (exact) mass is 302 g/mol. The van der Waals surface area contributed by atoms with Crippen LogP contribution in [0.25, 0.3) is 0 Å². The van der Waals surface area contributed by atoms with Crippen molar-refractivity contribution in [3.63, 3.8) is 0 Å². The maximum Gasteiger partial charge on any atom is 0.335 e. The van der Waals surface area contributed by atoms with Crippen molar-refractivity contribution in [1.29, 1.82) is 0 Å². The molecule has 112 valence electrons. The summed E-state index contributed by atoms with van der Waals surface area (Å²) < 4.78 is 29.4. The number of ether oxygens (including phenoxy) is 1.